The van der Waals surface area contributed by atoms with Gasteiger partial charge >= 0.3 is 0 Å². The van der Waals surface area contributed by atoms with Gasteiger partial charge < -0.3 is 14.4 Å². The lowest BCUT2D eigenvalue weighted by Gasteiger charge is -2.48. The molecule has 40 heavy (non-hydrogen) atoms. The van der Waals surface area contributed by atoms with E-state index in [1.807, 2.05) is 26.1 Å². The summed E-state index contributed by atoms with van der Waals surface area (Å²) in [7, 11) is 2.01. The van der Waals surface area contributed by atoms with Crippen LogP contribution in [-0.4, -0.2) is 30.1 Å². The average Bonchev–Trinajstić information content (AvgIpc) is 2.85. The Balaban J connectivity index is 1.63. The SMILES string of the molecule is CCOc1cc(C2C3=C(CC(C)(C)CC3=O)N(C)C3=C2C(=O)CC(C)(C)C3)cc(Br)c1OCc1ccc(F)cc1. The van der Waals surface area contributed by atoms with Gasteiger partial charge in [-0.15, -0.1) is 0 Å². The Morgan fingerprint density at radius 1 is 0.900 bits per heavy atom. The molecule has 2 aromatic rings. The predicted molar refractivity (Wildman–Crippen MR) is 157 cm³/mol. The molecule has 212 valence electrons. The molecule has 0 radical (unpaired) electrons. The number of carbonyl (C=O) groups is 2. The number of ether oxygens (including phenoxy) is 2. The van der Waals surface area contributed by atoms with E-state index >= 15 is 0 Å². The maximum Gasteiger partial charge on any atom is 0.175 e. The molecule has 5 rings (SSSR count). The highest BCUT2D eigenvalue weighted by atomic mass is 79.9. The van der Waals surface area contributed by atoms with Crippen LogP contribution in [0.15, 0.2) is 63.4 Å². The van der Waals surface area contributed by atoms with Gasteiger partial charge in [0.2, 0.25) is 0 Å². The third-order valence-electron chi connectivity index (χ3n) is 8.14. The number of carbonyl (C=O) groups excluding carboxylic acids is 2. The third-order valence-corrected chi connectivity index (χ3v) is 8.73. The van der Waals surface area contributed by atoms with Crippen LogP contribution in [0.25, 0.3) is 0 Å². The summed E-state index contributed by atoms with van der Waals surface area (Å²) in [5.74, 6) is 0.486. The van der Waals surface area contributed by atoms with Crippen molar-refractivity contribution in [2.24, 2.45) is 10.8 Å². The Kier molecular flexibility index (Phi) is 7.49. The topological polar surface area (TPSA) is 55.8 Å². The van der Waals surface area contributed by atoms with Crippen molar-refractivity contribution in [3.8, 4) is 11.5 Å². The maximum atomic E-state index is 13.8. The van der Waals surface area contributed by atoms with Crippen LogP contribution in [0.3, 0.4) is 0 Å². The van der Waals surface area contributed by atoms with Crippen molar-refractivity contribution in [1.82, 2.24) is 4.90 Å². The molecule has 0 saturated carbocycles. The normalized spacial score (nSPS) is 20.4. The Morgan fingerprint density at radius 2 is 1.45 bits per heavy atom. The summed E-state index contributed by atoms with van der Waals surface area (Å²) in [6.07, 6.45) is 2.42. The Bertz CT molecular complexity index is 1380. The monoisotopic (exact) mass is 609 g/mol. The first-order valence-electron chi connectivity index (χ1n) is 13.9. The van der Waals surface area contributed by atoms with Crippen molar-refractivity contribution >= 4 is 27.5 Å². The molecule has 2 aliphatic carbocycles. The van der Waals surface area contributed by atoms with Crippen molar-refractivity contribution in [2.45, 2.75) is 72.8 Å². The van der Waals surface area contributed by atoms with Crippen LogP contribution in [0, 0.1) is 16.6 Å². The van der Waals surface area contributed by atoms with E-state index in [9.17, 15) is 14.0 Å². The molecule has 0 spiro atoms. The van der Waals surface area contributed by atoms with E-state index in [1.165, 1.54) is 12.1 Å². The number of ketones is 2. The van der Waals surface area contributed by atoms with Gasteiger partial charge in [-0.2, -0.15) is 0 Å². The van der Waals surface area contributed by atoms with Crippen LogP contribution < -0.4 is 9.47 Å². The molecule has 0 saturated heterocycles. The number of hydrogen-bond acceptors (Lipinski definition) is 5. The molecule has 0 amide bonds. The van der Waals surface area contributed by atoms with Gasteiger partial charge in [0.15, 0.2) is 23.1 Å². The van der Waals surface area contributed by atoms with Crippen LogP contribution in [0.5, 0.6) is 11.5 Å². The van der Waals surface area contributed by atoms with Gasteiger partial charge in [0.05, 0.1) is 11.1 Å². The summed E-state index contributed by atoms with van der Waals surface area (Å²) < 4.78 is 26.2. The number of nitrogens with zero attached hydrogens (tertiary/aromatic N) is 1. The lowest BCUT2D eigenvalue weighted by atomic mass is 9.64. The highest BCUT2D eigenvalue weighted by Gasteiger charge is 2.48. The molecule has 2 aromatic carbocycles. The van der Waals surface area contributed by atoms with E-state index in [0.717, 1.165) is 46.5 Å². The number of Topliss-reactive ketones (excluding diaryl/α,β-unsaturated/α-hetero) is 2. The van der Waals surface area contributed by atoms with Crippen molar-refractivity contribution in [2.75, 3.05) is 13.7 Å². The highest BCUT2D eigenvalue weighted by Crippen LogP contribution is 2.55. The van der Waals surface area contributed by atoms with Crippen LogP contribution in [0.4, 0.5) is 4.39 Å². The summed E-state index contributed by atoms with van der Waals surface area (Å²) in [6.45, 7) is 11.1. The van der Waals surface area contributed by atoms with Crippen molar-refractivity contribution in [3.63, 3.8) is 0 Å². The smallest absolute Gasteiger partial charge is 0.175 e. The van der Waals surface area contributed by atoms with Gasteiger partial charge in [0.25, 0.3) is 0 Å². The largest absolute Gasteiger partial charge is 0.490 e. The maximum absolute atomic E-state index is 13.8. The van der Waals surface area contributed by atoms with Crippen LogP contribution in [0.1, 0.15) is 77.3 Å². The first-order valence-corrected chi connectivity index (χ1v) is 14.7. The summed E-state index contributed by atoms with van der Waals surface area (Å²) >= 11 is 3.70. The summed E-state index contributed by atoms with van der Waals surface area (Å²) in [6, 6.07) is 10.0. The van der Waals surface area contributed by atoms with E-state index in [1.54, 1.807) is 12.1 Å². The number of halogens is 2. The second-order valence-electron chi connectivity index (χ2n) is 12.8. The fourth-order valence-corrected chi connectivity index (χ4v) is 6.97. The molecule has 7 heteroatoms. The van der Waals surface area contributed by atoms with E-state index < -0.39 is 5.92 Å². The number of rotatable bonds is 6. The van der Waals surface area contributed by atoms with Gasteiger partial charge in [-0.3, -0.25) is 9.59 Å². The molecule has 0 atom stereocenters. The number of hydrogen-bond donors (Lipinski definition) is 0. The third kappa shape index (κ3) is 5.37. The Hall–Kier alpha value is -2.93. The average molecular weight is 611 g/mol. The molecule has 0 N–H and O–H groups in total. The lowest BCUT2D eigenvalue weighted by molar-refractivity contribution is -0.119. The molecule has 0 unspecified atom stereocenters. The van der Waals surface area contributed by atoms with E-state index in [-0.39, 0.29) is 34.8 Å². The molecular weight excluding hydrogens is 573 g/mol. The number of allylic oxidation sites excluding steroid dienone is 4. The molecule has 0 aromatic heterocycles. The number of benzene rings is 2. The summed E-state index contributed by atoms with van der Waals surface area (Å²) in [4.78, 5) is 29.8. The Labute approximate surface area is 244 Å². The molecule has 1 aliphatic heterocycles. The highest BCUT2D eigenvalue weighted by molar-refractivity contribution is 9.10. The summed E-state index contributed by atoms with van der Waals surface area (Å²) in [5, 5.41) is 0. The molecule has 1 heterocycles. The van der Waals surface area contributed by atoms with Gasteiger partial charge in [0.1, 0.15) is 12.4 Å². The zero-order chi connectivity index (χ0) is 29.0. The van der Waals surface area contributed by atoms with Crippen LogP contribution >= 0.6 is 15.9 Å². The van der Waals surface area contributed by atoms with Gasteiger partial charge in [-0.1, -0.05) is 39.8 Å². The van der Waals surface area contributed by atoms with E-state index in [4.69, 9.17) is 9.47 Å². The van der Waals surface area contributed by atoms with Crippen molar-refractivity contribution < 1.29 is 23.5 Å². The van der Waals surface area contributed by atoms with E-state index in [2.05, 4.69) is 48.5 Å². The van der Waals surface area contributed by atoms with Gasteiger partial charge in [0, 0.05) is 48.3 Å². The molecular formula is C33H37BrFNO4. The molecule has 0 fully saturated rings. The first-order chi connectivity index (χ1) is 18.8. The second kappa shape index (κ2) is 10.5. The molecule has 3 aliphatic rings. The van der Waals surface area contributed by atoms with Crippen LogP contribution in [0.2, 0.25) is 0 Å². The molecule has 0 bridgehead atoms. The van der Waals surface area contributed by atoms with Crippen LogP contribution in [-0.2, 0) is 16.2 Å². The zero-order valence-electron chi connectivity index (χ0n) is 24.1. The summed E-state index contributed by atoms with van der Waals surface area (Å²) in [5.41, 5.74) is 4.82. The standard InChI is InChI=1S/C33H37BrFNO4/c1-7-39-27-13-20(12-22(34)31(27)40-18-19-8-10-21(35)11-9-19)28-29-23(14-32(2,3)16-25(29)37)36(6)24-15-33(4,5)17-26(38)30(24)28/h8-13,28H,7,14-18H2,1-6H3. The zero-order valence-corrected chi connectivity index (χ0v) is 25.7. The fourth-order valence-electron chi connectivity index (χ4n) is 6.39. The Morgan fingerprint density at radius 3 is 1.98 bits per heavy atom. The quantitative estimate of drug-likeness (QED) is 0.333. The van der Waals surface area contributed by atoms with Crippen molar-refractivity contribution in [3.05, 3.63) is 80.4 Å². The minimum atomic E-state index is -0.463. The minimum Gasteiger partial charge on any atom is -0.490 e. The first kappa shape index (κ1) is 28.6. The minimum absolute atomic E-state index is 0.0954. The van der Waals surface area contributed by atoms with Crippen molar-refractivity contribution in [1.29, 1.82) is 0 Å². The van der Waals surface area contributed by atoms with E-state index in [0.29, 0.717) is 35.4 Å². The molecule has 5 nitrogen and oxygen atoms in total. The van der Waals surface area contributed by atoms with Gasteiger partial charge in [-0.25, -0.2) is 4.39 Å². The fraction of sp³-hybridized carbons (Fsp3) is 0.455. The predicted octanol–water partition coefficient (Wildman–Crippen LogP) is 7.88. The lowest BCUT2D eigenvalue weighted by Crippen LogP contribution is -2.43. The second-order valence-corrected chi connectivity index (χ2v) is 13.6. The van der Waals surface area contributed by atoms with Gasteiger partial charge in [-0.05, 0) is 81.9 Å².